The van der Waals surface area contributed by atoms with Gasteiger partial charge in [0.1, 0.15) is 0 Å². The molecule has 0 radical (unpaired) electrons. The summed E-state index contributed by atoms with van der Waals surface area (Å²) in [6.45, 7) is 0.698. The molecule has 2 heteroatoms. The molecule has 1 aliphatic rings. The van der Waals surface area contributed by atoms with Gasteiger partial charge in [0.15, 0.2) is 0 Å². The van der Waals surface area contributed by atoms with E-state index in [1.165, 1.54) is 49.8 Å². The van der Waals surface area contributed by atoms with E-state index in [0.717, 1.165) is 0 Å². The van der Waals surface area contributed by atoms with E-state index in [0.29, 0.717) is 12.6 Å². The number of hydrogen-bond acceptors (Lipinski definition) is 2. The number of rotatable bonds is 4. The number of nitrogens with one attached hydrogen (secondary N) is 1. The van der Waals surface area contributed by atoms with Gasteiger partial charge >= 0.3 is 0 Å². The van der Waals surface area contributed by atoms with Crippen LogP contribution in [-0.2, 0) is 11.3 Å². The standard InChI is InChI=1S/C15H23NO/c1-17-12-13-8-10-15(11-9-13)16-14-6-4-2-3-5-7-14/h8-11,14,16H,2-7,12H2,1H3. The van der Waals surface area contributed by atoms with Crippen molar-refractivity contribution in [3.8, 4) is 0 Å². The molecule has 0 saturated heterocycles. The Hall–Kier alpha value is -1.02. The maximum atomic E-state index is 5.11. The summed E-state index contributed by atoms with van der Waals surface area (Å²) in [5.74, 6) is 0. The molecule has 2 nitrogen and oxygen atoms in total. The molecule has 0 aromatic heterocycles. The van der Waals surface area contributed by atoms with E-state index in [-0.39, 0.29) is 0 Å². The zero-order valence-corrected chi connectivity index (χ0v) is 10.7. The molecule has 1 fully saturated rings. The first-order chi connectivity index (χ1) is 8.38. The van der Waals surface area contributed by atoms with Crippen LogP contribution in [0.2, 0.25) is 0 Å². The number of anilines is 1. The van der Waals surface area contributed by atoms with Crippen molar-refractivity contribution < 1.29 is 4.74 Å². The third kappa shape index (κ3) is 4.04. The minimum atomic E-state index is 0.672. The summed E-state index contributed by atoms with van der Waals surface area (Å²) in [4.78, 5) is 0. The van der Waals surface area contributed by atoms with Gasteiger partial charge in [0.2, 0.25) is 0 Å². The largest absolute Gasteiger partial charge is 0.382 e. The molecule has 0 spiro atoms. The summed E-state index contributed by atoms with van der Waals surface area (Å²) in [5.41, 5.74) is 2.48. The smallest absolute Gasteiger partial charge is 0.0713 e. The molecule has 0 unspecified atom stereocenters. The topological polar surface area (TPSA) is 21.3 Å². The number of methoxy groups -OCH3 is 1. The lowest BCUT2D eigenvalue weighted by atomic mass is 10.1. The van der Waals surface area contributed by atoms with Gasteiger partial charge in [-0.05, 0) is 30.5 Å². The molecule has 94 valence electrons. The fourth-order valence-electron chi connectivity index (χ4n) is 2.52. The van der Waals surface area contributed by atoms with E-state index in [9.17, 15) is 0 Å². The first kappa shape index (κ1) is 12.4. The highest BCUT2D eigenvalue weighted by atomic mass is 16.5. The Morgan fingerprint density at radius 3 is 2.29 bits per heavy atom. The van der Waals surface area contributed by atoms with Crippen LogP contribution >= 0.6 is 0 Å². The zero-order valence-electron chi connectivity index (χ0n) is 10.7. The normalized spacial score (nSPS) is 17.7. The van der Waals surface area contributed by atoms with Gasteiger partial charge in [-0.15, -0.1) is 0 Å². The first-order valence-corrected chi connectivity index (χ1v) is 6.73. The second-order valence-corrected chi connectivity index (χ2v) is 4.96. The Morgan fingerprint density at radius 2 is 1.71 bits per heavy atom. The van der Waals surface area contributed by atoms with Crippen LogP contribution in [0.25, 0.3) is 0 Å². The van der Waals surface area contributed by atoms with Crippen LogP contribution in [0, 0.1) is 0 Å². The molecule has 1 aromatic carbocycles. The highest BCUT2D eigenvalue weighted by Crippen LogP contribution is 2.21. The molecule has 0 atom stereocenters. The minimum absolute atomic E-state index is 0.672. The van der Waals surface area contributed by atoms with Gasteiger partial charge in [-0.1, -0.05) is 37.8 Å². The van der Waals surface area contributed by atoms with Gasteiger partial charge in [0, 0.05) is 18.8 Å². The molecular weight excluding hydrogens is 210 g/mol. The molecule has 0 heterocycles. The highest BCUT2D eigenvalue weighted by Gasteiger charge is 2.11. The second-order valence-electron chi connectivity index (χ2n) is 4.96. The Kier molecular flexibility index (Phi) is 4.87. The number of ether oxygens (including phenoxy) is 1. The summed E-state index contributed by atoms with van der Waals surface area (Å²) >= 11 is 0. The Balaban J connectivity index is 1.88. The third-order valence-corrected chi connectivity index (χ3v) is 3.49. The van der Waals surface area contributed by atoms with E-state index in [1.54, 1.807) is 7.11 Å². The van der Waals surface area contributed by atoms with Crippen LogP contribution in [0.1, 0.15) is 44.1 Å². The average Bonchev–Trinajstić information content (AvgIpc) is 2.61. The van der Waals surface area contributed by atoms with Crippen molar-refractivity contribution >= 4 is 5.69 Å². The molecule has 0 aliphatic heterocycles. The lowest BCUT2D eigenvalue weighted by Gasteiger charge is -2.17. The summed E-state index contributed by atoms with van der Waals surface area (Å²) < 4.78 is 5.11. The van der Waals surface area contributed by atoms with Crippen LogP contribution in [0.4, 0.5) is 5.69 Å². The Morgan fingerprint density at radius 1 is 1.06 bits per heavy atom. The predicted octanol–water partition coefficient (Wildman–Crippen LogP) is 3.97. The first-order valence-electron chi connectivity index (χ1n) is 6.73. The summed E-state index contributed by atoms with van der Waals surface area (Å²) in [6, 6.07) is 9.29. The minimum Gasteiger partial charge on any atom is -0.382 e. The summed E-state index contributed by atoms with van der Waals surface area (Å²) in [5, 5.41) is 3.65. The molecular formula is C15H23NO. The van der Waals surface area contributed by atoms with E-state index in [1.807, 2.05) is 0 Å². The monoisotopic (exact) mass is 233 g/mol. The quantitative estimate of drug-likeness (QED) is 0.795. The van der Waals surface area contributed by atoms with E-state index >= 15 is 0 Å². The van der Waals surface area contributed by atoms with Crippen LogP contribution in [0.5, 0.6) is 0 Å². The Bertz CT molecular complexity index is 312. The molecule has 2 rings (SSSR count). The van der Waals surface area contributed by atoms with Gasteiger partial charge in [-0.25, -0.2) is 0 Å². The SMILES string of the molecule is COCc1ccc(NC2CCCCCC2)cc1. The molecule has 0 bridgehead atoms. The fraction of sp³-hybridized carbons (Fsp3) is 0.600. The Labute approximate surface area is 104 Å². The van der Waals surface area contributed by atoms with Crippen LogP contribution in [0.3, 0.4) is 0 Å². The highest BCUT2D eigenvalue weighted by molar-refractivity contribution is 5.45. The summed E-state index contributed by atoms with van der Waals surface area (Å²) in [7, 11) is 1.73. The van der Waals surface area contributed by atoms with Crippen molar-refractivity contribution in [2.24, 2.45) is 0 Å². The van der Waals surface area contributed by atoms with E-state index in [4.69, 9.17) is 4.74 Å². The number of benzene rings is 1. The average molecular weight is 233 g/mol. The van der Waals surface area contributed by atoms with Gasteiger partial charge in [0.05, 0.1) is 6.61 Å². The van der Waals surface area contributed by atoms with Crippen molar-refractivity contribution in [1.82, 2.24) is 0 Å². The maximum absolute atomic E-state index is 5.11. The maximum Gasteiger partial charge on any atom is 0.0713 e. The van der Waals surface area contributed by atoms with Gasteiger partial charge in [0.25, 0.3) is 0 Å². The zero-order chi connectivity index (χ0) is 11.9. The van der Waals surface area contributed by atoms with Gasteiger partial charge < -0.3 is 10.1 Å². The van der Waals surface area contributed by atoms with E-state index < -0.39 is 0 Å². The molecule has 0 amide bonds. The van der Waals surface area contributed by atoms with Crippen molar-refractivity contribution in [3.05, 3.63) is 29.8 Å². The summed E-state index contributed by atoms with van der Waals surface area (Å²) in [6.07, 6.45) is 8.20. The van der Waals surface area contributed by atoms with Crippen LogP contribution in [-0.4, -0.2) is 13.2 Å². The van der Waals surface area contributed by atoms with Crippen LogP contribution < -0.4 is 5.32 Å². The van der Waals surface area contributed by atoms with Crippen molar-refractivity contribution in [2.45, 2.75) is 51.2 Å². The van der Waals surface area contributed by atoms with Crippen molar-refractivity contribution in [3.63, 3.8) is 0 Å². The van der Waals surface area contributed by atoms with Gasteiger partial charge in [-0.3, -0.25) is 0 Å². The van der Waals surface area contributed by atoms with E-state index in [2.05, 4.69) is 29.6 Å². The van der Waals surface area contributed by atoms with Crippen molar-refractivity contribution in [1.29, 1.82) is 0 Å². The van der Waals surface area contributed by atoms with Crippen LogP contribution in [0.15, 0.2) is 24.3 Å². The lowest BCUT2D eigenvalue weighted by molar-refractivity contribution is 0.185. The molecule has 1 aromatic rings. The number of hydrogen-bond donors (Lipinski definition) is 1. The fourth-order valence-corrected chi connectivity index (χ4v) is 2.52. The van der Waals surface area contributed by atoms with Gasteiger partial charge in [-0.2, -0.15) is 0 Å². The molecule has 1 aliphatic carbocycles. The molecule has 17 heavy (non-hydrogen) atoms. The third-order valence-electron chi connectivity index (χ3n) is 3.49. The second kappa shape index (κ2) is 6.65. The predicted molar refractivity (Wildman–Crippen MR) is 72.3 cm³/mol. The lowest BCUT2D eigenvalue weighted by Crippen LogP contribution is -2.18. The van der Waals surface area contributed by atoms with Crippen molar-refractivity contribution in [2.75, 3.05) is 12.4 Å². The molecule has 1 N–H and O–H groups in total. The molecule has 1 saturated carbocycles.